The summed E-state index contributed by atoms with van der Waals surface area (Å²) in [6, 6.07) is 6.23. The van der Waals surface area contributed by atoms with E-state index < -0.39 is 18.1 Å². The number of nitrogens with zero attached hydrogens (tertiary/aromatic N) is 1. The van der Waals surface area contributed by atoms with Gasteiger partial charge in [-0.2, -0.15) is 0 Å². The highest BCUT2D eigenvalue weighted by molar-refractivity contribution is 5.87. The Labute approximate surface area is 121 Å². The largest absolute Gasteiger partial charge is 0.485 e. The highest BCUT2D eigenvalue weighted by Crippen LogP contribution is 2.31. The smallest absolute Gasteiger partial charge is 0.327 e. The molecule has 1 aromatic carbocycles. The molecule has 7 nitrogen and oxygen atoms in total. The molecular weight excluding hydrogens is 276 g/mol. The lowest BCUT2D eigenvalue weighted by Crippen LogP contribution is -2.60. The van der Waals surface area contributed by atoms with Gasteiger partial charge >= 0.3 is 5.97 Å². The molecule has 0 aromatic heterocycles. The maximum Gasteiger partial charge on any atom is 0.327 e. The molecule has 2 aliphatic heterocycles. The molecule has 2 unspecified atom stereocenters. The van der Waals surface area contributed by atoms with Crippen molar-refractivity contribution in [3.63, 3.8) is 0 Å². The standard InChI is InChI=1S/C14H16N2O5/c17-13(16-6-5-15-7-9(16)14(18)19)12-8-20-10-3-1-2-4-11(10)21-12/h1-4,9,12,15H,5-8H2,(H,18,19). The van der Waals surface area contributed by atoms with Crippen molar-refractivity contribution in [2.45, 2.75) is 12.1 Å². The number of benzene rings is 1. The molecule has 21 heavy (non-hydrogen) atoms. The van der Waals surface area contributed by atoms with Gasteiger partial charge in [-0.1, -0.05) is 12.1 Å². The average Bonchev–Trinajstić information content (AvgIpc) is 2.53. The van der Waals surface area contributed by atoms with Crippen LogP contribution in [0.2, 0.25) is 0 Å². The third kappa shape index (κ3) is 2.64. The quantitative estimate of drug-likeness (QED) is 0.779. The van der Waals surface area contributed by atoms with E-state index in [1.54, 1.807) is 18.2 Å². The van der Waals surface area contributed by atoms with Crippen molar-refractivity contribution < 1.29 is 24.2 Å². The van der Waals surface area contributed by atoms with Crippen molar-refractivity contribution in [1.82, 2.24) is 10.2 Å². The normalized spacial score (nSPS) is 24.5. The number of piperazine rings is 1. The van der Waals surface area contributed by atoms with Gasteiger partial charge in [0.25, 0.3) is 5.91 Å². The summed E-state index contributed by atoms with van der Waals surface area (Å²) in [5, 5.41) is 12.2. The van der Waals surface area contributed by atoms with Crippen LogP contribution in [0.1, 0.15) is 0 Å². The van der Waals surface area contributed by atoms with Gasteiger partial charge in [-0.3, -0.25) is 4.79 Å². The van der Waals surface area contributed by atoms with Crippen LogP contribution in [0, 0.1) is 0 Å². The van der Waals surface area contributed by atoms with Crippen LogP contribution in [0.3, 0.4) is 0 Å². The van der Waals surface area contributed by atoms with Gasteiger partial charge < -0.3 is 24.8 Å². The summed E-state index contributed by atoms with van der Waals surface area (Å²) >= 11 is 0. The van der Waals surface area contributed by atoms with Crippen molar-refractivity contribution in [1.29, 1.82) is 0 Å². The SMILES string of the molecule is O=C(O)C1CNCCN1C(=O)C1COc2ccccc2O1. The summed E-state index contributed by atoms with van der Waals surface area (Å²) < 4.78 is 11.2. The van der Waals surface area contributed by atoms with Crippen molar-refractivity contribution in [3.05, 3.63) is 24.3 Å². The van der Waals surface area contributed by atoms with E-state index in [0.717, 1.165) is 0 Å². The maximum absolute atomic E-state index is 12.5. The van der Waals surface area contributed by atoms with Crippen LogP contribution in [0.5, 0.6) is 11.5 Å². The van der Waals surface area contributed by atoms with Crippen LogP contribution in [-0.4, -0.2) is 60.3 Å². The van der Waals surface area contributed by atoms with Crippen LogP contribution >= 0.6 is 0 Å². The van der Waals surface area contributed by atoms with E-state index in [1.165, 1.54) is 4.90 Å². The fraction of sp³-hybridized carbons (Fsp3) is 0.429. The van der Waals surface area contributed by atoms with Crippen molar-refractivity contribution in [3.8, 4) is 11.5 Å². The number of nitrogens with one attached hydrogen (secondary N) is 1. The van der Waals surface area contributed by atoms with Gasteiger partial charge in [0.1, 0.15) is 12.6 Å². The van der Waals surface area contributed by atoms with Gasteiger partial charge in [-0.15, -0.1) is 0 Å². The Kier molecular flexibility index (Phi) is 3.66. The number of para-hydroxylation sites is 2. The van der Waals surface area contributed by atoms with Crippen LogP contribution < -0.4 is 14.8 Å². The second kappa shape index (κ2) is 5.61. The lowest BCUT2D eigenvalue weighted by molar-refractivity contribution is -0.155. The molecule has 0 radical (unpaired) electrons. The molecule has 2 heterocycles. The summed E-state index contributed by atoms with van der Waals surface area (Å²) in [7, 11) is 0. The number of amides is 1. The number of hydrogen-bond acceptors (Lipinski definition) is 5. The number of carboxylic acids is 1. The third-order valence-corrected chi connectivity index (χ3v) is 3.60. The first-order valence-electron chi connectivity index (χ1n) is 6.79. The van der Waals surface area contributed by atoms with Gasteiger partial charge in [0.15, 0.2) is 11.5 Å². The molecular formula is C14H16N2O5. The molecule has 2 aliphatic rings. The number of hydrogen-bond donors (Lipinski definition) is 2. The van der Waals surface area contributed by atoms with Gasteiger partial charge in [-0.05, 0) is 12.1 Å². The molecule has 7 heteroatoms. The van der Waals surface area contributed by atoms with Crippen LogP contribution in [0.15, 0.2) is 24.3 Å². The predicted octanol–water partition coefficient (Wildman–Crippen LogP) is -0.289. The van der Waals surface area contributed by atoms with Crippen LogP contribution in [-0.2, 0) is 9.59 Å². The highest BCUT2D eigenvalue weighted by Gasteiger charge is 2.38. The van der Waals surface area contributed by atoms with E-state index in [2.05, 4.69) is 5.32 Å². The second-order valence-electron chi connectivity index (χ2n) is 4.95. The van der Waals surface area contributed by atoms with E-state index >= 15 is 0 Å². The minimum absolute atomic E-state index is 0.0894. The Bertz CT molecular complexity index is 562. The summed E-state index contributed by atoms with van der Waals surface area (Å²) in [5.41, 5.74) is 0. The molecule has 1 amide bonds. The van der Waals surface area contributed by atoms with E-state index in [-0.39, 0.29) is 19.1 Å². The lowest BCUT2D eigenvalue weighted by atomic mass is 10.1. The molecule has 112 valence electrons. The van der Waals surface area contributed by atoms with E-state index in [0.29, 0.717) is 24.6 Å². The molecule has 3 rings (SSSR count). The van der Waals surface area contributed by atoms with Crippen LogP contribution in [0.25, 0.3) is 0 Å². The number of rotatable bonds is 2. The Hall–Kier alpha value is -2.28. The van der Waals surface area contributed by atoms with Gasteiger partial charge in [-0.25, -0.2) is 4.79 Å². The Morgan fingerprint density at radius 2 is 2.05 bits per heavy atom. The van der Waals surface area contributed by atoms with E-state index in [1.807, 2.05) is 6.07 Å². The van der Waals surface area contributed by atoms with Crippen LogP contribution in [0.4, 0.5) is 0 Å². The number of carbonyl (C=O) groups is 2. The molecule has 2 N–H and O–H groups in total. The average molecular weight is 292 g/mol. The molecule has 0 saturated carbocycles. The summed E-state index contributed by atoms with van der Waals surface area (Å²) in [6.45, 7) is 1.24. The minimum Gasteiger partial charge on any atom is -0.485 e. The number of carbonyl (C=O) groups excluding carboxylic acids is 1. The minimum atomic E-state index is -1.02. The topological polar surface area (TPSA) is 88.1 Å². The zero-order chi connectivity index (χ0) is 14.8. The summed E-state index contributed by atoms with van der Waals surface area (Å²) in [5.74, 6) is -0.271. The highest BCUT2D eigenvalue weighted by atomic mass is 16.6. The second-order valence-corrected chi connectivity index (χ2v) is 4.95. The number of carboxylic acid groups (broad SMARTS) is 1. The number of fused-ring (bicyclic) bond motifs is 1. The monoisotopic (exact) mass is 292 g/mol. The fourth-order valence-electron chi connectivity index (χ4n) is 2.51. The third-order valence-electron chi connectivity index (χ3n) is 3.60. The maximum atomic E-state index is 12.5. The van der Waals surface area contributed by atoms with Gasteiger partial charge in [0.05, 0.1) is 0 Å². The molecule has 0 bridgehead atoms. The first kappa shape index (κ1) is 13.7. The Balaban J connectivity index is 1.75. The first-order valence-corrected chi connectivity index (χ1v) is 6.79. The van der Waals surface area contributed by atoms with Crippen molar-refractivity contribution in [2.75, 3.05) is 26.2 Å². The fourth-order valence-corrected chi connectivity index (χ4v) is 2.51. The van der Waals surface area contributed by atoms with Crippen molar-refractivity contribution in [2.24, 2.45) is 0 Å². The Morgan fingerprint density at radius 1 is 1.29 bits per heavy atom. The number of ether oxygens (including phenoxy) is 2. The molecule has 1 saturated heterocycles. The lowest BCUT2D eigenvalue weighted by Gasteiger charge is -2.36. The molecule has 1 fully saturated rings. The summed E-state index contributed by atoms with van der Waals surface area (Å²) in [6.07, 6.45) is -0.806. The summed E-state index contributed by atoms with van der Waals surface area (Å²) in [4.78, 5) is 25.1. The molecule has 1 aromatic rings. The zero-order valence-electron chi connectivity index (χ0n) is 11.3. The molecule has 2 atom stereocenters. The zero-order valence-corrected chi connectivity index (χ0v) is 11.3. The van der Waals surface area contributed by atoms with E-state index in [9.17, 15) is 14.7 Å². The predicted molar refractivity (Wildman–Crippen MR) is 72.4 cm³/mol. The number of aliphatic carboxylic acids is 1. The van der Waals surface area contributed by atoms with Gasteiger partial charge in [0, 0.05) is 19.6 Å². The first-order chi connectivity index (χ1) is 10.2. The Morgan fingerprint density at radius 3 is 2.81 bits per heavy atom. The molecule has 0 spiro atoms. The molecule has 0 aliphatic carbocycles. The van der Waals surface area contributed by atoms with Gasteiger partial charge in [0.2, 0.25) is 6.10 Å². The van der Waals surface area contributed by atoms with E-state index in [4.69, 9.17) is 9.47 Å². The van der Waals surface area contributed by atoms with Crippen molar-refractivity contribution >= 4 is 11.9 Å².